The lowest BCUT2D eigenvalue weighted by atomic mass is 10.1. The molecule has 112 valence electrons. The first-order valence-corrected chi connectivity index (χ1v) is 7.69. The molecule has 0 saturated heterocycles. The molecule has 0 aliphatic carbocycles. The van der Waals surface area contributed by atoms with Crippen molar-refractivity contribution in [2.75, 3.05) is 11.9 Å². The number of nitrogens with one attached hydrogen (secondary N) is 2. The van der Waals surface area contributed by atoms with Crippen LogP contribution in [0.15, 0.2) is 29.6 Å². The van der Waals surface area contributed by atoms with Gasteiger partial charge in [0.25, 0.3) is 0 Å². The predicted molar refractivity (Wildman–Crippen MR) is 87.0 cm³/mol. The van der Waals surface area contributed by atoms with Crippen molar-refractivity contribution in [3.05, 3.63) is 51.2 Å². The van der Waals surface area contributed by atoms with Gasteiger partial charge in [0.1, 0.15) is 6.10 Å². The Bertz CT molecular complexity index is 637. The number of urea groups is 1. The van der Waals surface area contributed by atoms with Crippen LogP contribution in [0.4, 0.5) is 10.5 Å². The molecule has 0 bridgehead atoms. The molecule has 2 aromatic rings. The molecule has 3 N–H and O–H groups in total. The number of aliphatic hydroxyl groups is 1. The second-order valence-corrected chi connectivity index (χ2v) is 6.07. The Balaban J connectivity index is 1.87. The number of hydrogen-bond acceptors (Lipinski definition) is 3. The van der Waals surface area contributed by atoms with E-state index in [9.17, 15) is 9.90 Å². The van der Waals surface area contributed by atoms with E-state index in [0.29, 0.717) is 0 Å². The van der Waals surface area contributed by atoms with E-state index >= 15 is 0 Å². The van der Waals surface area contributed by atoms with Crippen molar-refractivity contribution in [1.29, 1.82) is 0 Å². The fraction of sp³-hybridized carbons (Fsp3) is 0.312. The lowest BCUT2D eigenvalue weighted by Gasteiger charge is -2.13. The number of hydrogen-bond donors (Lipinski definition) is 3. The van der Waals surface area contributed by atoms with E-state index < -0.39 is 6.10 Å². The largest absolute Gasteiger partial charge is 0.386 e. The van der Waals surface area contributed by atoms with Gasteiger partial charge in [0.2, 0.25) is 0 Å². The Morgan fingerprint density at radius 3 is 2.57 bits per heavy atom. The third-order valence-electron chi connectivity index (χ3n) is 3.43. The normalized spacial score (nSPS) is 12.0. The van der Waals surface area contributed by atoms with Gasteiger partial charge in [-0.15, -0.1) is 11.3 Å². The SMILES string of the molecule is Cc1ccc(NC(=O)NCC(O)c2sccc2C)cc1C. The lowest BCUT2D eigenvalue weighted by Crippen LogP contribution is -2.32. The van der Waals surface area contributed by atoms with Crippen LogP contribution >= 0.6 is 11.3 Å². The lowest BCUT2D eigenvalue weighted by molar-refractivity contribution is 0.178. The minimum absolute atomic E-state index is 0.192. The molecule has 1 heterocycles. The van der Waals surface area contributed by atoms with Crippen molar-refractivity contribution < 1.29 is 9.90 Å². The fourth-order valence-corrected chi connectivity index (χ4v) is 2.92. The second kappa shape index (κ2) is 6.74. The van der Waals surface area contributed by atoms with E-state index in [2.05, 4.69) is 10.6 Å². The Morgan fingerprint density at radius 2 is 1.95 bits per heavy atom. The van der Waals surface area contributed by atoms with Crippen LogP contribution in [0.5, 0.6) is 0 Å². The van der Waals surface area contributed by atoms with Crippen LogP contribution < -0.4 is 10.6 Å². The van der Waals surface area contributed by atoms with Gasteiger partial charge in [0.05, 0.1) is 6.54 Å². The number of anilines is 1. The molecule has 1 unspecified atom stereocenters. The second-order valence-electron chi connectivity index (χ2n) is 5.12. The Labute approximate surface area is 128 Å². The summed E-state index contributed by atoms with van der Waals surface area (Å²) in [4.78, 5) is 12.7. The first-order chi connectivity index (χ1) is 9.97. The Kier molecular flexibility index (Phi) is 4.98. The van der Waals surface area contributed by atoms with Gasteiger partial charge in [-0.2, -0.15) is 0 Å². The molecule has 0 aliphatic heterocycles. The smallest absolute Gasteiger partial charge is 0.319 e. The minimum Gasteiger partial charge on any atom is -0.386 e. The maximum absolute atomic E-state index is 11.8. The summed E-state index contributed by atoms with van der Waals surface area (Å²) in [7, 11) is 0. The number of carbonyl (C=O) groups is 1. The number of amides is 2. The third kappa shape index (κ3) is 4.06. The molecule has 1 aromatic carbocycles. The van der Waals surface area contributed by atoms with Crippen LogP contribution in [0, 0.1) is 20.8 Å². The first-order valence-electron chi connectivity index (χ1n) is 6.81. The average molecular weight is 304 g/mol. The molecule has 0 aliphatic rings. The van der Waals surface area contributed by atoms with Gasteiger partial charge >= 0.3 is 6.03 Å². The van der Waals surface area contributed by atoms with Crippen LogP contribution in [0.3, 0.4) is 0 Å². The molecule has 2 rings (SSSR count). The number of aliphatic hydroxyl groups excluding tert-OH is 1. The molecule has 21 heavy (non-hydrogen) atoms. The number of rotatable bonds is 4. The fourth-order valence-electron chi connectivity index (χ4n) is 2.00. The molecule has 0 radical (unpaired) electrons. The van der Waals surface area contributed by atoms with E-state index in [-0.39, 0.29) is 12.6 Å². The highest BCUT2D eigenvalue weighted by molar-refractivity contribution is 7.10. The van der Waals surface area contributed by atoms with Crippen LogP contribution in [0.25, 0.3) is 0 Å². The van der Waals surface area contributed by atoms with Crippen LogP contribution in [0.2, 0.25) is 0 Å². The molecule has 0 fully saturated rings. The van der Waals surface area contributed by atoms with Crippen molar-refractivity contribution in [2.45, 2.75) is 26.9 Å². The number of benzene rings is 1. The summed E-state index contributed by atoms with van der Waals surface area (Å²) in [6, 6.07) is 7.40. The van der Waals surface area contributed by atoms with Crippen LogP contribution in [0.1, 0.15) is 27.7 Å². The Morgan fingerprint density at radius 1 is 1.19 bits per heavy atom. The van der Waals surface area contributed by atoms with E-state index in [1.165, 1.54) is 16.9 Å². The van der Waals surface area contributed by atoms with Gasteiger partial charge in [-0.1, -0.05) is 6.07 Å². The quantitative estimate of drug-likeness (QED) is 0.809. The highest BCUT2D eigenvalue weighted by Gasteiger charge is 2.13. The van der Waals surface area contributed by atoms with Gasteiger partial charge < -0.3 is 15.7 Å². The summed E-state index contributed by atoms with van der Waals surface area (Å²) in [5.41, 5.74) is 4.10. The standard InChI is InChI=1S/C16H20N2O2S/c1-10-4-5-13(8-12(10)3)18-16(20)17-9-14(19)15-11(2)6-7-21-15/h4-8,14,19H,9H2,1-3H3,(H2,17,18,20). The monoisotopic (exact) mass is 304 g/mol. The van der Waals surface area contributed by atoms with Gasteiger partial charge in [-0.3, -0.25) is 0 Å². The maximum atomic E-state index is 11.8. The van der Waals surface area contributed by atoms with E-state index in [1.54, 1.807) is 0 Å². The average Bonchev–Trinajstić information content (AvgIpc) is 2.86. The highest BCUT2D eigenvalue weighted by Crippen LogP contribution is 2.23. The number of aryl methyl sites for hydroxylation is 3. The molecule has 2 amide bonds. The van der Waals surface area contributed by atoms with Crippen molar-refractivity contribution in [3.8, 4) is 0 Å². The zero-order valence-corrected chi connectivity index (χ0v) is 13.3. The van der Waals surface area contributed by atoms with Crippen LogP contribution in [-0.2, 0) is 0 Å². The maximum Gasteiger partial charge on any atom is 0.319 e. The highest BCUT2D eigenvalue weighted by atomic mass is 32.1. The van der Waals surface area contributed by atoms with Crippen molar-refractivity contribution in [1.82, 2.24) is 5.32 Å². The van der Waals surface area contributed by atoms with E-state index in [0.717, 1.165) is 21.7 Å². The minimum atomic E-state index is -0.671. The summed E-state index contributed by atoms with van der Waals surface area (Å²) >= 11 is 1.50. The van der Waals surface area contributed by atoms with Gasteiger partial charge in [-0.25, -0.2) is 4.79 Å². The van der Waals surface area contributed by atoms with Crippen molar-refractivity contribution in [2.24, 2.45) is 0 Å². The molecule has 1 aromatic heterocycles. The topological polar surface area (TPSA) is 61.4 Å². The zero-order valence-electron chi connectivity index (χ0n) is 12.4. The zero-order chi connectivity index (χ0) is 15.4. The summed E-state index contributed by atoms with van der Waals surface area (Å²) in [5.74, 6) is 0. The van der Waals surface area contributed by atoms with Gasteiger partial charge in [-0.05, 0) is 61.0 Å². The molecule has 5 heteroatoms. The predicted octanol–water partition coefficient (Wildman–Crippen LogP) is 3.53. The molecule has 0 spiro atoms. The van der Waals surface area contributed by atoms with Crippen molar-refractivity contribution >= 4 is 23.1 Å². The van der Waals surface area contributed by atoms with E-state index in [4.69, 9.17) is 0 Å². The molecule has 1 atom stereocenters. The van der Waals surface area contributed by atoms with Crippen molar-refractivity contribution in [3.63, 3.8) is 0 Å². The summed E-state index contributed by atoms with van der Waals surface area (Å²) in [6.07, 6.45) is -0.671. The summed E-state index contributed by atoms with van der Waals surface area (Å²) < 4.78 is 0. The molecule has 4 nitrogen and oxygen atoms in total. The Hall–Kier alpha value is -1.85. The molecular weight excluding hydrogens is 284 g/mol. The number of carbonyl (C=O) groups excluding carboxylic acids is 1. The first kappa shape index (κ1) is 15.5. The number of thiophene rings is 1. The van der Waals surface area contributed by atoms with E-state index in [1.807, 2.05) is 50.4 Å². The molecule has 0 saturated carbocycles. The van der Waals surface area contributed by atoms with Crippen LogP contribution in [-0.4, -0.2) is 17.7 Å². The van der Waals surface area contributed by atoms with Gasteiger partial charge in [0.15, 0.2) is 0 Å². The van der Waals surface area contributed by atoms with Gasteiger partial charge in [0, 0.05) is 10.6 Å². The molecular formula is C16H20N2O2S. The summed E-state index contributed by atoms with van der Waals surface area (Å²) in [5, 5.41) is 17.4. The summed E-state index contributed by atoms with van der Waals surface area (Å²) in [6.45, 7) is 6.17. The third-order valence-corrected chi connectivity index (χ3v) is 4.55.